The molecule has 1 aromatic heterocycles. The number of hydrogen-bond acceptors (Lipinski definition) is 3. The zero-order valence-corrected chi connectivity index (χ0v) is 4.76. The van der Waals surface area contributed by atoms with Gasteiger partial charge >= 0.3 is 0 Å². The Morgan fingerprint density at radius 2 is 2.70 bits per heavy atom. The largest absolute Gasteiger partial charge is 0.364 e. The average molecular weight is 138 g/mol. The Morgan fingerprint density at radius 1 is 1.90 bits per heavy atom. The van der Waals surface area contributed by atoms with Gasteiger partial charge in [0.2, 0.25) is 0 Å². The van der Waals surface area contributed by atoms with Crippen molar-refractivity contribution in [1.82, 2.24) is 5.16 Å². The minimum absolute atomic E-state index is 0.0119. The van der Waals surface area contributed by atoms with Gasteiger partial charge in [0, 0.05) is 11.0 Å². The molecule has 1 heterocycles. The molecule has 1 rings (SSSR count). The summed E-state index contributed by atoms with van der Waals surface area (Å²) in [6, 6.07) is 1.32. The van der Waals surface area contributed by atoms with Crippen LogP contribution in [0.3, 0.4) is 0 Å². The first kappa shape index (κ1) is 6.31. The summed E-state index contributed by atoms with van der Waals surface area (Å²) in [5, 5.41) is 6.03. The summed E-state index contributed by atoms with van der Waals surface area (Å²) in [6.45, 7) is 0. The van der Waals surface area contributed by atoms with Crippen LogP contribution in [0.25, 0.3) is 10.4 Å². The fourth-order valence-electron chi connectivity index (χ4n) is 0.415. The lowest BCUT2D eigenvalue weighted by Gasteiger charge is -1.77. The molecular weight excluding hydrogens is 136 g/mol. The molecule has 0 saturated heterocycles. The third-order valence-corrected chi connectivity index (χ3v) is 0.792. The van der Waals surface area contributed by atoms with E-state index in [1.807, 2.05) is 0 Å². The summed E-state index contributed by atoms with van der Waals surface area (Å²) in [4.78, 5) is 12.8. The SMILES string of the molecule is [N-]=[N+]=NC(=O)c1ccon1. The summed E-state index contributed by atoms with van der Waals surface area (Å²) >= 11 is 0. The Balaban J connectivity index is 2.87. The predicted molar refractivity (Wildman–Crippen MR) is 30.0 cm³/mol. The number of amides is 1. The summed E-state index contributed by atoms with van der Waals surface area (Å²) in [5.74, 6) is -0.740. The van der Waals surface area contributed by atoms with E-state index in [0.717, 1.165) is 0 Å². The van der Waals surface area contributed by atoms with Gasteiger partial charge in [-0.3, -0.25) is 4.79 Å². The van der Waals surface area contributed by atoms with Crippen molar-refractivity contribution in [3.05, 3.63) is 28.5 Å². The highest BCUT2D eigenvalue weighted by Crippen LogP contribution is 1.96. The lowest BCUT2D eigenvalue weighted by molar-refractivity contribution is 0.0992. The number of nitrogens with zero attached hydrogens (tertiary/aromatic N) is 4. The monoisotopic (exact) mass is 138 g/mol. The third kappa shape index (κ3) is 1.12. The molecule has 0 saturated carbocycles. The normalized spacial score (nSPS) is 8.40. The molecule has 0 unspecified atom stereocenters. The smallest absolute Gasteiger partial charge is 0.270 e. The van der Waals surface area contributed by atoms with E-state index in [0.29, 0.717) is 0 Å². The predicted octanol–water partition coefficient (Wildman–Crippen LogP) is 1.13. The third-order valence-electron chi connectivity index (χ3n) is 0.792. The first-order valence-electron chi connectivity index (χ1n) is 2.34. The van der Waals surface area contributed by atoms with Crippen LogP contribution in [-0.2, 0) is 0 Å². The van der Waals surface area contributed by atoms with E-state index >= 15 is 0 Å². The number of carbonyl (C=O) groups is 1. The molecule has 0 spiro atoms. The number of azide groups is 1. The molecule has 10 heavy (non-hydrogen) atoms. The van der Waals surface area contributed by atoms with E-state index in [1.54, 1.807) is 0 Å². The Kier molecular flexibility index (Phi) is 1.67. The van der Waals surface area contributed by atoms with E-state index in [4.69, 9.17) is 5.53 Å². The molecular formula is C4H2N4O2. The van der Waals surface area contributed by atoms with E-state index in [-0.39, 0.29) is 5.69 Å². The maximum absolute atomic E-state index is 10.6. The molecule has 0 radical (unpaired) electrons. The van der Waals surface area contributed by atoms with Crippen molar-refractivity contribution in [2.24, 2.45) is 5.11 Å². The Labute approximate surface area is 55.1 Å². The van der Waals surface area contributed by atoms with Crippen LogP contribution in [0.2, 0.25) is 0 Å². The van der Waals surface area contributed by atoms with E-state index in [2.05, 4.69) is 19.7 Å². The van der Waals surface area contributed by atoms with Gasteiger partial charge in [0.1, 0.15) is 6.26 Å². The molecule has 6 heteroatoms. The Hall–Kier alpha value is -1.81. The van der Waals surface area contributed by atoms with Gasteiger partial charge in [0.05, 0.1) is 0 Å². The zero-order chi connectivity index (χ0) is 7.40. The number of rotatable bonds is 1. The molecule has 0 bridgehead atoms. The first-order valence-corrected chi connectivity index (χ1v) is 2.34. The second kappa shape index (κ2) is 2.65. The molecule has 0 atom stereocenters. The van der Waals surface area contributed by atoms with E-state index in [9.17, 15) is 4.79 Å². The van der Waals surface area contributed by atoms with Gasteiger partial charge in [-0.05, 0) is 10.6 Å². The second-order valence-electron chi connectivity index (χ2n) is 1.38. The molecule has 1 aromatic rings. The summed E-state index contributed by atoms with van der Waals surface area (Å²) < 4.78 is 4.33. The van der Waals surface area contributed by atoms with Crippen LogP contribution < -0.4 is 0 Å². The van der Waals surface area contributed by atoms with Crippen molar-refractivity contribution in [3.63, 3.8) is 0 Å². The fourth-order valence-corrected chi connectivity index (χ4v) is 0.415. The number of hydrogen-bond donors (Lipinski definition) is 0. The van der Waals surface area contributed by atoms with Gasteiger partial charge in [-0.25, -0.2) is 0 Å². The molecule has 1 amide bonds. The van der Waals surface area contributed by atoms with Crippen LogP contribution in [0, 0.1) is 0 Å². The summed E-state index contributed by atoms with van der Waals surface area (Å²) in [7, 11) is 0. The molecule has 0 N–H and O–H groups in total. The number of carbonyl (C=O) groups excluding carboxylic acids is 1. The van der Waals surface area contributed by atoms with Crippen LogP contribution in [0.5, 0.6) is 0 Å². The average Bonchev–Trinajstić information content (AvgIpc) is 2.38. The van der Waals surface area contributed by atoms with Crippen LogP contribution in [0.1, 0.15) is 10.5 Å². The van der Waals surface area contributed by atoms with E-state index in [1.165, 1.54) is 12.3 Å². The molecule has 50 valence electrons. The van der Waals surface area contributed by atoms with Crippen molar-refractivity contribution >= 4 is 5.91 Å². The molecule has 0 fully saturated rings. The number of aromatic nitrogens is 1. The highest BCUT2D eigenvalue weighted by Gasteiger charge is 2.04. The first-order chi connectivity index (χ1) is 4.84. The van der Waals surface area contributed by atoms with Gasteiger partial charge in [0.15, 0.2) is 5.69 Å². The highest BCUT2D eigenvalue weighted by atomic mass is 16.5. The summed E-state index contributed by atoms with van der Waals surface area (Å²) in [6.07, 6.45) is 1.22. The van der Waals surface area contributed by atoms with Crippen LogP contribution in [0.15, 0.2) is 22.0 Å². The topological polar surface area (TPSA) is 91.9 Å². The van der Waals surface area contributed by atoms with Crippen molar-refractivity contribution in [2.75, 3.05) is 0 Å². The van der Waals surface area contributed by atoms with Crippen molar-refractivity contribution in [3.8, 4) is 0 Å². The van der Waals surface area contributed by atoms with Crippen LogP contribution >= 0.6 is 0 Å². The minimum atomic E-state index is -0.740. The molecule has 0 aliphatic heterocycles. The lowest BCUT2D eigenvalue weighted by atomic mass is 10.4. The maximum Gasteiger partial charge on any atom is 0.270 e. The zero-order valence-electron chi connectivity index (χ0n) is 4.76. The highest BCUT2D eigenvalue weighted by molar-refractivity contribution is 5.92. The maximum atomic E-state index is 10.6. The second-order valence-corrected chi connectivity index (χ2v) is 1.38. The van der Waals surface area contributed by atoms with Gasteiger partial charge in [-0.1, -0.05) is 5.16 Å². The minimum Gasteiger partial charge on any atom is -0.364 e. The van der Waals surface area contributed by atoms with Gasteiger partial charge in [-0.15, -0.1) is 0 Å². The van der Waals surface area contributed by atoms with Gasteiger partial charge in [0.25, 0.3) is 5.91 Å². The Morgan fingerprint density at radius 3 is 3.20 bits per heavy atom. The van der Waals surface area contributed by atoms with Crippen LogP contribution in [-0.4, -0.2) is 11.1 Å². The van der Waals surface area contributed by atoms with Crippen molar-refractivity contribution < 1.29 is 9.32 Å². The molecule has 0 aliphatic carbocycles. The standard InChI is InChI=1S/C4H2N4O2/c5-8-6-4(9)3-1-2-10-7-3/h1-2H. The van der Waals surface area contributed by atoms with Gasteiger partial charge in [-0.2, -0.15) is 0 Å². The summed E-state index contributed by atoms with van der Waals surface area (Å²) in [5.41, 5.74) is 7.83. The van der Waals surface area contributed by atoms with Crippen molar-refractivity contribution in [2.45, 2.75) is 0 Å². The molecule has 0 aromatic carbocycles. The fraction of sp³-hybridized carbons (Fsp3) is 0. The quantitative estimate of drug-likeness (QED) is 0.330. The van der Waals surface area contributed by atoms with Gasteiger partial charge < -0.3 is 4.52 Å². The van der Waals surface area contributed by atoms with Crippen LogP contribution in [0.4, 0.5) is 0 Å². The lowest BCUT2D eigenvalue weighted by Crippen LogP contribution is -1.91. The molecule has 0 aliphatic rings. The molecule has 6 nitrogen and oxygen atoms in total. The van der Waals surface area contributed by atoms with Crippen molar-refractivity contribution in [1.29, 1.82) is 0 Å². The van der Waals surface area contributed by atoms with E-state index < -0.39 is 5.91 Å². The Bertz CT molecular complexity index is 271.